The summed E-state index contributed by atoms with van der Waals surface area (Å²) in [6.07, 6.45) is 0. The van der Waals surface area contributed by atoms with Crippen molar-refractivity contribution in [2.24, 2.45) is 0 Å². The van der Waals surface area contributed by atoms with Crippen molar-refractivity contribution in [2.45, 2.75) is 19.1 Å². The van der Waals surface area contributed by atoms with Gasteiger partial charge in [-0.1, -0.05) is 30.3 Å². The maximum atomic E-state index is 13.9. The number of carbonyl (C=O) groups excluding carboxylic acids is 1. The first-order valence-electron chi connectivity index (χ1n) is 8.48. The second kappa shape index (κ2) is 7.23. The summed E-state index contributed by atoms with van der Waals surface area (Å²) < 4.78 is 30.4. The van der Waals surface area contributed by atoms with Gasteiger partial charge >= 0.3 is 7.60 Å². The third kappa shape index (κ3) is 2.75. The SMILES string of the molecule is CCOP(=O)(OCC)[C@@]1(c2ccc(OC)cc2)NC(=O)c2ccccc21. The van der Waals surface area contributed by atoms with Crippen LogP contribution in [0.3, 0.4) is 0 Å². The van der Waals surface area contributed by atoms with Crippen LogP contribution in [0.4, 0.5) is 0 Å². The Bertz CT molecular complexity index is 841. The molecule has 0 aromatic heterocycles. The monoisotopic (exact) mass is 375 g/mol. The molecule has 26 heavy (non-hydrogen) atoms. The number of methoxy groups -OCH3 is 1. The van der Waals surface area contributed by atoms with Crippen LogP contribution in [-0.2, 0) is 18.9 Å². The first-order chi connectivity index (χ1) is 12.5. The summed E-state index contributed by atoms with van der Waals surface area (Å²) in [5.41, 5.74) is 1.66. The normalized spacial score (nSPS) is 19.1. The quantitative estimate of drug-likeness (QED) is 0.743. The van der Waals surface area contributed by atoms with E-state index in [1.54, 1.807) is 69.5 Å². The summed E-state index contributed by atoms with van der Waals surface area (Å²) >= 11 is 0. The molecule has 0 aliphatic carbocycles. The molecule has 0 bridgehead atoms. The molecule has 1 aliphatic heterocycles. The fraction of sp³-hybridized carbons (Fsp3) is 0.316. The molecule has 1 amide bonds. The highest BCUT2D eigenvalue weighted by Gasteiger charge is 2.59. The van der Waals surface area contributed by atoms with Crippen molar-refractivity contribution in [1.29, 1.82) is 0 Å². The lowest BCUT2D eigenvalue weighted by Gasteiger charge is -2.36. The van der Waals surface area contributed by atoms with Crippen LogP contribution in [0.25, 0.3) is 0 Å². The van der Waals surface area contributed by atoms with Crippen molar-refractivity contribution in [2.75, 3.05) is 20.3 Å². The number of ether oxygens (including phenoxy) is 1. The van der Waals surface area contributed by atoms with Crippen molar-refractivity contribution < 1.29 is 23.1 Å². The average Bonchev–Trinajstić information content (AvgIpc) is 2.97. The Kier molecular flexibility index (Phi) is 5.19. The predicted molar refractivity (Wildman–Crippen MR) is 98.5 cm³/mol. The zero-order valence-corrected chi connectivity index (χ0v) is 15.9. The summed E-state index contributed by atoms with van der Waals surface area (Å²) in [5, 5.41) is 1.50. The molecular formula is C19H22NO5P. The number of benzene rings is 2. The average molecular weight is 375 g/mol. The minimum Gasteiger partial charge on any atom is -0.497 e. The van der Waals surface area contributed by atoms with Gasteiger partial charge in [0, 0.05) is 11.1 Å². The molecule has 2 aromatic carbocycles. The maximum absolute atomic E-state index is 13.9. The van der Waals surface area contributed by atoms with Gasteiger partial charge in [0.15, 0.2) is 5.28 Å². The molecule has 0 radical (unpaired) electrons. The maximum Gasteiger partial charge on any atom is 0.365 e. The van der Waals surface area contributed by atoms with Gasteiger partial charge in [-0.2, -0.15) is 0 Å². The van der Waals surface area contributed by atoms with Crippen LogP contribution < -0.4 is 10.1 Å². The molecule has 7 heteroatoms. The zero-order valence-electron chi connectivity index (χ0n) is 15.0. The second-order valence-corrected chi connectivity index (χ2v) is 7.95. The van der Waals surface area contributed by atoms with E-state index in [0.717, 1.165) is 0 Å². The highest BCUT2D eigenvalue weighted by Crippen LogP contribution is 2.68. The molecule has 3 rings (SSSR count). The van der Waals surface area contributed by atoms with Gasteiger partial charge in [0.05, 0.1) is 20.3 Å². The summed E-state index contributed by atoms with van der Waals surface area (Å²) in [4.78, 5) is 12.7. The Morgan fingerprint density at radius 1 is 1.00 bits per heavy atom. The summed E-state index contributed by atoms with van der Waals surface area (Å²) in [6.45, 7) is 3.87. The number of rotatable bonds is 7. The van der Waals surface area contributed by atoms with Crippen LogP contribution in [0.2, 0.25) is 0 Å². The summed E-state index contributed by atoms with van der Waals surface area (Å²) in [7, 11) is -2.21. The van der Waals surface area contributed by atoms with Crippen LogP contribution in [-0.4, -0.2) is 26.2 Å². The van der Waals surface area contributed by atoms with E-state index in [4.69, 9.17) is 13.8 Å². The van der Waals surface area contributed by atoms with Crippen LogP contribution >= 0.6 is 7.60 Å². The largest absolute Gasteiger partial charge is 0.497 e. The fourth-order valence-corrected chi connectivity index (χ4v) is 5.64. The Balaban J connectivity index is 2.30. The lowest BCUT2D eigenvalue weighted by molar-refractivity contribution is 0.0941. The van der Waals surface area contributed by atoms with Gasteiger partial charge in [0.2, 0.25) is 0 Å². The highest BCUT2D eigenvalue weighted by atomic mass is 31.2. The molecule has 0 spiro atoms. The number of hydrogen-bond acceptors (Lipinski definition) is 5. The summed E-state index contributed by atoms with van der Waals surface area (Å²) in [6, 6.07) is 14.1. The fourth-order valence-electron chi connectivity index (χ4n) is 3.30. The number of carbonyl (C=O) groups is 1. The van der Waals surface area contributed by atoms with E-state index in [9.17, 15) is 9.36 Å². The third-order valence-electron chi connectivity index (χ3n) is 4.37. The number of amides is 1. The molecule has 1 atom stereocenters. The van der Waals surface area contributed by atoms with Crippen molar-refractivity contribution in [1.82, 2.24) is 5.32 Å². The standard InChI is InChI=1S/C19H22NO5P/c1-4-24-26(22,25-5-2)19(14-10-12-15(23-3)13-11-14)17-9-7-6-8-16(17)18(21)20-19/h6-13H,4-5H2,1-3H3,(H,20,21)/t19-/m1/s1. The second-order valence-electron chi connectivity index (χ2n) is 5.77. The topological polar surface area (TPSA) is 73.9 Å². The Morgan fingerprint density at radius 2 is 1.62 bits per heavy atom. The van der Waals surface area contributed by atoms with Gasteiger partial charge in [-0.25, -0.2) is 0 Å². The number of hydrogen-bond donors (Lipinski definition) is 1. The van der Waals surface area contributed by atoms with Crippen LogP contribution in [0.15, 0.2) is 48.5 Å². The third-order valence-corrected chi connectivity index (χ3v) is 7.00. The number of fused-ring (bicyclic) bond motifs is 1. The molecule has 1 heterocycles. The highest BCUT2D eigenvalue weighted by molar-refractivity contribution is 7.55. The van der Waals surface area contributed by atoms with Crippen molar-refractivity contribution in [3.63, 3.8) is 0 Å². The van der Waals surface area contributed by atoms with Gasteiger partial charge < -0.3 is 19.1 Å². The number of nitrogens with one attached hydrogen (secondary N) is 1. The molecule has 0 saturated heterocycles. The first-order valence-corrected chi connectivity index (χ1v) is 10.0. The Hall–Kier alpha value is -2.14. The molecule has 0 unspecified atom stereocenters. The van der Waals surface area contributed by atoms with E-state index < -0.39 is 12.9 Å². The van der Waals surface area contributed by atoms with Crippen molar-refractivity contribution in [3.05, 3.63) is 65.2 Å². The van der Waals surface area contributed by atoms with E-state index in [-0.39, 0.29) is 19.1 Å². The van der Waals surface area contributed by atoms with Gasteiger partial charge in [0.25, 0.3) is 5.91 Å². The van der Waals surface area contributed by atoms with Gasteiger partial charge in [0.1, 0.15) is 5.75 Å². The molecule has 1 N–H and O–H groups in total. The van der Waals surface area contributed by atoms with E-state index >= 15 is 0 Å². The Morgan fingerprint density at radius 3 is 2.19 bits per heavy atom. The minimum absolute atomic E-state index is 0.188. The Labute approximate surface area is 153 Å². The van der Waals surface area contributed by atoms with E-state index in [1.165, 1.54) is 0 Å². The molecule has 6 nitrogen and oxygen atoms in total. The van der Waals surface area contributed by atoms with Gasteiger partial charge in [-0.05, 0) is 37.6 Å². The molecule has 0 saturated carbocycles. The molecule has 0 fully saturated rings. The molecule has 138 valence electrons. The predicted octanol–water partition coefficient (Wildman–Crippen LogP) is 3.91. The van der Waals surface area contributed by atoms with Crippen molar-refractivity contribution in [3.8, 4) is 5.75 Å². The van der Waals surface area contributed by atoms with Gasteiger partial charge in [-0.3, -0.25) is 9.36 Å². The van der Waals surface area contributed by atoms with Crippen LogP contribution in [0.1, 0.15) is 35.3 Å². The minimum atomic E-state index is -3.79. The lowest BCUT2D eigenvalue weighted by atomic mass is 9.97. The van der Waals surface area contributed by atoms with E-state index in [2.05, 4.69) is 5.32 Å². The smallest absolute Gasteiger partial charge is 0.365 e. The molecular weight excluding hydrogens is 353 g/mol. The van der Waals surface area contributed by atoms with Crippen LogP contribution in [0.5, 0.6) is 5.75 Å². The molecule has 1 aliphatic rings. The molecule has 2 aromatic rings. The van der Waals surface area contributed by atoms with E-state index in [1.807, 2.05) is 0 Å². The van der Waals surface area contributed by atoms with Crippen LogP contribution in [0, 0.1) is 0 Å². The summed E-state index contributed by atoms with van der Waals surface area (Å²) in [5.74, 6) is 0.347. The lowest BCUT2D eigenvalue weighted by Crippen LogP contribution is -2.41. The zero-order chi connectivity index (χ0) is 18.8. The van der Waals surface area contributed by atoms with Gasteiger partial charge in [-0.15, -0.1) is 0 Å². The van der Waals surface area contributed by atoms with Crippen molar-refractivity contribution >= 4 is 13.5 Å². The first kappa shape index (κ1) is 18.6. The van der Waals surface area contributed by atoms with E-state index in [0.29, 0.717) is 22.4 Å².